The Bertz CT molecular complexity index is 926. The number of carbonyl (C=O) groups excluding carboxylic acids is 1. The first-order valence-electron chi connectivity index (χ1n) is 9.77. The highest BCUT2D eigenvalue weighted by molar-refractivity contribution is 5.89. The fourth-order valence-electron chi connectivity index (χ4n) is 3.70. The van der Waals surface area contributed by atoms with Crippen molar-refractivity contribution in [2.24, 2.45) is 0 Å². The Hall–Kier alpha value is -3.02. The molecule has 1 N–H and O–H groups in total. The Balaban J connectivity index is 1.43. The summed E-state index contributed by atoms with van der Waals surface area (Å²) in [6.45, 7) is 4.83. The van der Waals surface area contributed by atoms with Crippen LogP contribution in [0.2, 0.25) is 0 Å². The van der Waals surface area contributed by atoms with Crippen LogP contribution in [0.1, 0.15) is 55.7 Å². The zero-order valence-electron chi connectivity index (χ0n) is 16.3. The fourth-order valence-corrected chi connectivity index (χ4v) is 3.70. The van der Waals surface area contributed by atoms with Gasteiger partial charge in [0.2, 0.25) is 5.91 Å². The standard InChI is InChI=1S/C22H25N5O/c1-16(2)18-5-7-19(8-6-18)22(10-3-11-22)21(28)25-13-17-4-9-20(24-12-17)27-15-23-14-26-27/h4-9,12,14-16H,3,10-11,13H2,1-2H3,(H,25,28). The van der Waals surface area contributed by atoms with Crippen LogP contribution in [0.3, 0.4) is 0 Å². The highest BCUT2D eigenvalue weighted by Crippen LogP contribution is 2.44. The van der Waals surface area contributed by atoms with Crippen molar-refractivity contribution >= 4 is 5.91 Å². The number of carbonyl (C=O) groups is 1. The molecule has 1 aromatic carbocycles. The topological polar surface area (TPSA) is 72.7 Å². The van der Waals surface area contributed by atoms with E-state index in [1.807, 2.05) is 12.1 Å². The zero-order valence-corrected chi connectivity index (χ0v) is 16.3. The number of amides is 1. The lowest BCUT2D eigenvalue weighted by molar-refractivity contribution is -0.130. The molecule has 0 aliphatic heterocycles. The number of benzene rings is 1. The van der Waals surface area contributed by atoms with E-state index in [-0.39, 0.29) is 11.3 Å². The summed E-state index contributed by atoms with van der Waals surface area (Å²) >= 11 is 0. The molecule has 1 fully saturated rings. The van der Waals surface area contributed by atoms with Crippen LogP contribution in [0.25, 0.3) is 5.82 Å². The monoisotopic (exact) mass is 375 g/mol. The predicted octanol–water partition coefficient (Wildman–Crippen LogP) is 3.52. The molecule has 1 amide bonds. The minimum Gasteiger partial charge on any atom is -0.351 e. The summed E-state index contributed by atoms with van der Waals surface area (Å²) in [4.78, 5) is 21.4. The number of nitrogens with zero attached hydrogens (tertiary/aromatic N) is 4. The lowest BCUT2D eigenvalue weighted by Gasteiger charge is -2.41. The lowest BCUT2D eigenvalue weighted by atomic mass is 9.63. The summed E-state index contributed by atoms with van der Waals surface area (Å²) in [5.74, 6) is 1.30. The summed E-state index contributed by atoms with van der Waals surface area (Å²) in [5.41, 5.74) is 3.00. The summed E-state index contributed by atoms with van der Waals surface area (Å²) in [5, 5.41) is 7.18. The highest BCUT2D eigenvalue weighted by atomic mass is 16.2. The molecule has 1 saturated carbocycles. The molecular weight excluding hydrogens is 350 g/mol. The number of rotatable bonds is 6. The van der Waals surface area contributed by atoms with Crippen molar-refractivity contribution in [1.29, 1.82) is 0 Å². The number of hydrogen-bond donors (Lipinski definition) is 1. The van der Waals surface area contributed by atoms with Crippen molar-refractivity contribution in [2.75, 3.05) is 0 Å². The van der Waals surface area contributed by atoms with Crippen molar-refractivity contribution < 1.29 is 4.79 Å². The van der Waals surface area contributed by atoms with Crippen LogP contribution in [-0.2, 0) is 16.8 Å². The third-order valence-electron chi connectivity index (χ3n) is 5.69. The van der Waals surface area contributed by atoms with Crippen LogP contribution in [-0.4, -0.2) is 25.7 Å². The minimum absolute atomic E-state index is 0.108. The summed E-state index contributed by atoms with van der Waals surface area (Å²) in [6.07, 6.45) is 7.75. The van der Waals surface area contributed by atoms with E-state index in [1.54, 1.807) is 17.2 Å². The average molecular weight is 375 g/mol. The van der Waals surface area contributed by atoms with Crippen molar-refractivity contribution in [3.8, 4) is 5.82 Å². The number of pyridine rings is 1. The van der Waals surface area contributed by atoms with Gasteiger partial charge in [-0.2, -0.15) is 5.10 Å². The van der Waals surface area contributed by atoms with Gasteiger partial charge in [0, 0.05) is 12.7 Å². The maximum absolute atomic E-state index is 13.0. The third-order valence-corrected chi connectivity index (χ3v) is 5.69. The molecule has 3 aromatic rings. The van der Waals surface area contributed by atoms with E-state index in [2.05, 4.69) is 58.5 Å². The van der Waals surface area contributed by atoms with Crippen molar-refractivity contribution in [2.45, 2.75) is 51.0 Å². The Labute approximate surface area is 165 Å². The van der Waals surface area contributed by atoms with E-state index in [1.165, 1.54) is 11.9 Å². The Morgan fingerprint density at radius 2 is 1.96 bits per heavy atom. The average Bonchev–Trinajstić information content (AvgIpc) is 3.21. The molecule has 0 atom stereocenters. The quantitative estimate of drug-likeness (QED) is 0.715. The van der Waals surface area contributed by atoms with Gasteiger partial charge in [0.25, 0.3) is 0 Å². The second-order valence-electron chi connectivity index (χ2n) is 7.76. The maximum Gasteiger partial charge on any atom is 0.230 e. The first-order chi connectivity index (χ1) is 13.6. The molecular formula is C22H25N5O. The molecule has 4 rings (SSSR count). The van der Waals surface area contributed by atoms with Gasteiger partial charge in [-0.1, -0.05) is 50.6 Å². The molecule has 6 heteroatoms. The van der Waals surface area contributed by atoms with Gasteiger partial charge in [0.05, 0.1) is 5.41 Å². The molecule has 2 heterocycles. The van der Waals surface area contributed by atoms with E-state index in [0.29, 0.717) is 18.3 Å². The van der Waals surface area contributed by atoms with Gasteiger partial charge in [-0.25, -0.2) is 14.6 Å². The Kier molecular flexibility index (Phi) is 4.94. The molecule has 0 spiro atoms. The van der Waals surface area contributed by atoms with E-state index < -0.39 is 0 Å². The zero-order chi connectivity index (χ0) is 19.6. The van der Waals surface area contributed by atoms with Crippen molar-refractivity contribution in [3.63, 3.8) is 0 Å². The molecule has 0 radical (unpaired) electrons. The number of hydrogen-bond acceptors (Lipinski definition) is 4. The van der Waals surface area contributed by atoms with Crippen molar-refractivity contribution in [3.05, 3.63) is 71.9 Å². The van der Waals surface area contributed by atoms with Gasteiger partial charge < -0.3 is 5.32 Å². The van der Waals surface area contributed by atoms with Crippen LogP contribution in [0, 0.1) is 0 Å². The predicted molar refractivity (Wildman–Crippen MR) is 107 cm³/mol. The number of aromatic nitrogens is 4. The van der Waals surface area contributed by atoms with Gasteiger partial charge in [-0.05, 0) is 41.5 Å². The first-order valence-corrected chi connectivity index (χ1v) is 9.77. The fraction of sp³-hybridized carbons (Fsp3) is 0.364. The Morgan fingerprint density at radius 1 is 1.18 bits per heavy atom. The molecule has 0 bridgehead atoms. The van der Waals surface area contributed by atoms with Gasteiger partial charge in [-0.3, -0.25) is 4.79 Å². The molecule has 28 heavy (non-hydrogen) atoms. The van der Waals surface area contributed by atoms with Crippen LogP contribution in [0.15, 0.2) is 55.2 Å². The van der Waals surface area contributed by atoms with Gasteiger partial charge in [0.15, 0.2) is 5.82 Å². The summed E-state index contributed by atoms with van der Waals surface area (Å²) in [6, 6.07) is 12.4. The van der Waals surface area contributed by atoms with E-state index in [0.717, 1.165) is 30.4 Å². The largest absolute Gasteiger partial charge is 0.351 e. The third kappa shape index (κ3) is 3.42. The van der Waals surface area contributed by atoms with E-state index >= 15 is 0 Å². The van der Waals surface area contributed by atoms with E-state index in [9.17, 15) is 4.79 Å². The minimum atomic E-state index is -0.385. The van der Waals surface area contributed by atoms with Gasteiger partial charge >= 0.3 is 0 Å². The van der Waals surface area contributed by atoms with Crippen LogP contribution in [0.5, 0.6) is 0 Å². The smallest absolute Gasteiger partial charge is 0.230 e. The second-order valence-corrected chi connectivity index (χ2v) is 7.76. The molecule has 6 nitrogen and oxygen atoms in total. The second kappa shape index (κ2) is 7.54. The van der Waals surface area contributed by atoms with E-state index in [4.69, 9.17) is 0 Å². The first kappa shape index (κ1) is 18.3. The molecule has 1 aliphatic rings. The lowest BCUT2D eigenvalue weighted by Crippen LogP contribution is -2.49. The van der Waals surface area contributed by atoms with Gasteiger partial charge in [0.1, 0.15) is 12.7 Å². The molecule has 144 valence electrons. The molecule has 0 unspecified atom stereocenters. The van der Waals surface area contributed by atoms with Gasteiger partial charge in [-0.15, -0.1) is 0 Å². The molecule has 1 aliphatic carbocycles. The highest BCUT2D eigenvalue weighted by Gasteiger charge is 2.45. The maximum atomic E-state index is 13.0. The van der Waals surface area contributed by atoms with Crippen LogP contribution < -0.4 is 5.32 Å². The summed E-state index contributed by atoms with van der Waals surface area (Å²) in [7, 11) is 0. The van der Waals surface area contributed by atoms with Crippen LogP contribution in [0.4, 0.5) is 0 Å². The number of nitrogens with one attached hydrogen (secondary N) is 1. The molecule has 0 saturated heterocycles. The normalized spacial score (nSPS) is 15.2. The van der Waals surface area contributed by atoms with Crippen LogP contribution >= 0.6 is 0 Å². The Morgan fingerprint density at radius 3 is 2.50 bits per heavy atom. The summed E-state index contributed by atoms with van der Waals surface area (Å²) < 4.78 is 1.60. The SMILES string of the molecule is CC(C)c1ccc(C2(C(=O)NCc3ccc(-n4cncn4)nc3)CCC2)cc1. The molecule has 2 aromatic heterocycles. The van der Waals surface area contributed by atoms with Crippen molar-refractivity contribution in [1.82, 2.24) is 25.1 Å².